The molecule has 3 atom stereocenters. The average Bonchev–Trinajstić information content (AvgIpc) is 3.30. The molecule has 10 nitrogen and oxygen atoms in total. The zero-order chi connectivity index (χ0) is 25.3. The topological polar surface area (TPSA) is 133 Å². The van der Waals surface area contributed by atoms with E-state index in [-0.39, 0.29) is 46.8 Å². The van der Waals surface area contributed by atoms with Crippen molar-refractivity contribution in [2.45, 2.75) is 30.2 Å². The molecule has 188 valence electrons. The monoisotopic (exact) mass is 531 g/mol. The van der Waals surface area contributed by atoms with Crippen molar-refractivity contribution < 1.29 is 31.5 Å². The van der Waals surface area contributed by atoms with Gasteiger partial charge < -0.3 is 14.7 Å². The molecule has 13 heteroatoms. The number of thiophene rings is 1. The highest BCUT2D eigenvalue weighted by Gasteiger charge is 2.36. The number of nitrogens with one attached hydrogen (secondary N) is 1. The van der Waals surface area contributed by atoms with Gasteiger partial charge in [-0.3, -0.25) is 9.52 Å². The fourth-order valence-corrected chi connectivity index (χ4v) is 6.60. The minimum absolute atomic E-state index is 0.0199. The van der Waals surface area contributed by atoms with Crippen LogP contribution < -0.4 is 9.46 Å². The van der Waals surface area contributed by atoms with Gasteiger partial charge in [-0.05, 0) is 30.5 Å². The molecule has 1 amide bonds. The zero-order valence-corrected chi connectivity index (χ0v) is 21.8. The molecule has 1 aromatic carbocycles. The first-order valence-corrected chi connectivity index (χ1v) is 14.8. The number of carbonyl (C=O) groups is 1. The van der Waals surface area contributed by atoms with Crippen molar-refractivity contribution in [3.05, 3.63) is 41.3 Å². The summed E-state index contributed by atoms with van der Waals surface area (Å²) in [7, 11) is -6.00. The van der Waals surface area contributed by atoms with Crippen molar-refractivity contribution in [1.29, 1.82) is 0 Å². The van der Waals surface area contributed by atoms with E-state index in [2.05, 4.69) is 4.72 Å². The van der Waals surface area contributed by atoms with Gasteiger partial charge >= 0.3 is 0 Å². The summed E-state index contributed by atoms with van der Waals surface area (Å²) < 4.78 is 59.8. The van der Waals surface area contributed by atoms with Crippen molar-refractivity contribution in [3.8, 4) is 5.75 Å². The number of likely N-dealkylation sites (N-methyl/N-ethyl adjacent to an activating group) is 1. The van der Waals surface area contributed by atoms with Crippen LogP contribution in [0.15, 0.2) is 39.9 Å². The smallest absolute Gasteiger partial charge is 0.258 e. The van der Waals surface area contributed by atoms with E-state index in [0.29, 0.717) is 0 Å². The van der Waals surface area contributed by atoms with Crippen molar-refractivity contribution in [2.24, 2.45) is 5.92 Å². The molecule has 0 unspecified atom stereocenters. The minimum Gasteiger partial charge on any atom is -0.486 e. The lowest BCUT2D eigenvalue weighted by Crippen LogP contribution is -2.50. The van der Waals surface area contributed by atoms with Gasteiger partial charge in [0.25, 0.3) is 15.9 Å². The normalized spacial score (nSPS) is 20.3. The largest absolute Gasteiger partial charge is 0.486 e. The summed E-state index contributed by atoms with van der Waals surface area (Å²) in [4.78, 5) is 14.8. The van der Waals surface area contributed by atoms with Crippen LogP contribution >= 0.6 is 11.3 Å². The highest BCUT2D eigenvalue weighted by molar-refractivity contribution is 7.92. The molecule has 2 heterocycles. The third-order valence-electron chi connectivity index (χ3n) is 5.58. The molecule has 2 aromatic rings. The number of para-hydroxylation sites is 1. The third kappa shape index (κ3) is 5.71. The molecular weight excluding hydrogens is 502 g/mol. The number of hydrogen-bond acceptors (Lipinski definition) is 8. The molecule has 0 saturated carbocycles. The Kier molecular flexibility index (Phi) is 7.92. The van der Waals surface area contributed by atoms with Gasteiger partial charge in [0.1, 0.15) is 10.3 Å². The lowest BCUT2D eigenvalue weighted by molar-refractivity contribution is 0.0389. The second-order valence-electron chi connectivity index (χ2n) is 8.40. The van der Waals surface area contributed by atoms with Crippen molar-refractivity contribution in [3.63, 3.8) is 0 Å². The van der Waals surface area contributed by atoms with Crippen molar-refractivity contribution in [1.82, 2.24) is 9.21 Å². The van der Waals surface area contributed by atoms with E-state index >= 15 is 0 Å². The van der Waals surface area contributed by atoms with Gasteiger partial charge in [-0.1, -0.05) is 19.1 Å². The lowest BCUT2D eigenvalue weighted by atomic mass is 9.99. The van der Waals surface area contributed by atoms with E-state index in [1.54, 1.807) is 18.4 Å². The first-order valence-electron chi connectivity index (χ1n) is 10.5. The summed E-state index contributed by atoms with van der Waals surface area (Å²) in [6.45, 7) is 3.42. The van der Waals surface area contributed by atoms with Gasteiger partial charge in [0, 0.05) is 19.5 Å². The summed E-state index contributed by atoms with van der Waals surface area (Å²) >= 11 is 1.11. The van der Waals surface area contributed by atoms with Gasteiger partial charge in [0.15, 0.2) is 5.75 Å². The third-order valence-corrected chi connectivity index (χ3v) is 9.37. The number of sulfonamides is 2. The maximum Gasteiger partial charge on any atom is 0.258 e. The maximum absolute atomic E-state index is 13.3. The highest BCUT2D eigenvalue weighted by atomic mass is 32.2. The maximum atomic E-state index is 13.3. The predicted molar refractivity (Wildman–Crippen MR) is 130 cm³/mol. The van der Waals surface area contributed by atoms with Crippen LogP contribution in [-0.2, 0) is 20.0 Å². The SMILES string of the molecule is C[C@@H]1CN([C@H](C)CO)C(=O)c2cccc(NS(C)(=O)=O)c2O[C@H]1CN(C)S(=O)(=O)c1cccs1. The van der Waals surface area contributed by atoms with Gasteiger partial charge in [0.05, 0.1) is 36.7 Å². The van der Waals surface area contributed by atoms with Gasteiger partial charge in [-0.2, -0.15) is 4.31 Å². The predicted octanol–water partition coefficient (Wildman–Crippen LogP) is 1.66. The molecule has 34 heavy (non-hydrogen) atoms. The zero-order valence-electron chi connectivity index (χ0n) is 19.3. The van der Waals surface area contributed by atoms with E-state index in [1.165, 1.54) is 40.5 Å². The Morgan fingerprint density at radius 3 is 2.56 bits per heavy atom. The number of amides is 1. The van der Waals surface area contributed by atoms with E-state index in [9.17, 15) is 26.7 Å². The number of aliphatic hydroxyl groups is 1. The molecule has 3 rings (SSSR count). The van der Waals surface area contributed by atoms with Crippen LogP contribution in [0.2, 0.25) is 0 Å². The molecule has 0 aliphatic carbocycles. The summed E-state index contributed by atoms with van der Waals surface area (Å²) in [5, 5.41) is 11.4. The number of hydrogen-bond donors (Lipinski definition) is 2. The number of rotatable bonds is 8. The molecule has 1 aliphatic heterocycles. The Bertz CT molecular complexity index is 1230. The Morgan fingerprint density at radius 2 is 1.97 bits per heavy atom. The number of anilines is 1. The first-order chi connectivity index (χ1) is 15.8. The molecule has 0 bridgehead atoms. The number of benzene rings is 1. The van der Waals surface area contributed by atoms with E-state index in [4.69, 9.17) is 4.74 Å². The first kappa shape index (κ1) is 26.4. The number of nitrogens with zero attached hydrogens (tertiary/aromatic N) is 2. The van der Waals surface area contributed by atoms with E-state index in [1.807, 2.05) is 6.92 Å². The van der Waals surface area contributed by atoms with Crippen LogP contribution in [0.3, 0.4) is 0 Å². The van der Waals surface area contributed by atoms with Crippen LogP contribution in [-0.4, -0.2) is 82.2 Å². The van der Waals surface area contributed by atoms with Gasteiger partial charge in [-0.25, -0.2) is 16.8 Å². The van der Waals surface area contributed by atoms with Crippen molar-refractivity contribution >= 4 is 43.0 Å². The summed E-state index contributed by atoms with van der Waals surface area (Å²) in [6, 6.07) is 7.18. The molecular formula is C21H29N3O7S3. The Labute approximate surface area is 204 Å². The van der Waals surface area contributed by atoms with E-state index in [0.717, 1.165) is 17.6 Å². The molecule has 2 N–H and O–H groups in total. The van der Waals surface area contributed by atoms with Gasteiger partial charge in [0.2, 0.25) is 10.0 Å². The summed E-state index contributed by atoms with van der Waals surface area (Å²) in [5.41, 5.74) is 0.197. The Balaban J connectivity index is 2.06. The molecule has 1 aliphatic rings. The standard InChI is InChI=1S/C21H29N3O7S3/c1-14-11-24(15(2)13-25)21(26)16-7-5-8-17(22-33(4,27)28)20(16)31-18(14)12-23(3)34(29,30)19-9-6-10-32-19/h5-10,14-15,18,22,25H,11-13H2,1-4H3/t14-,15-,18+/m1/s1. The Hall–Kier alpha value is -2.19. The van der Waals surface area contributed by atoms with Gasteiger partial charge in [-0.15, -0.1) is 11.3 Å². The van der Waals surface area contributed by atoms with Crippen LogP contribution in [0.4, 0.5) is 5.69 Å². The average molecular weight is 532 g/mol. The van der Waals surface area contributed by atoms with Crippen LogP contribution in [0, 0.1) is 5.92 Å². The van der Waals surface area contributed by atoms with Crippen LogP contribution in [0.25, 0.3) is 0 Å². The van der Waals surface area contributed by atoms with E-state index < -0.39 is 38.1 Å². The fraction of sp³-hybridized carbons (Fsp3) is 0.476. The van der Waals surface area contributed by atoms with Crippen molar-refractivity contribution in [2.75, 3.05) is 37.7 Å². The quantitative estimate of drug-likeness (QED) is 0.529. The molecule has 0 fully saturated rings. The Morgan fingerprint density at radius 1 is 1.26 bits per heavy atom. The number of fused-ring (bicyclic) bond motifs is 1. The lowest BCUT2D eigenvalue weighted by Gasteiger charge is -2.38. The number of carbonyl (C=O) groups excluding carboxylic acids is 1. The minimum atomic E-state index is -3.76. The fourth-order valence-electron chi connectivity index (χ4n) is 3.66. The molecule has 0 radical (unpaired) electrons. The molecule has 1 aromatic heterocycles. The second-order valence-corrected chi connectivity index (χ2v) is 13.4. The molecule has 0 spiro atoms. The highest BCUT2D eigenvalue weighted by Crippen LogP contribution is 2.35. The summed E-state index contributed by atoms with van der Waals surface area (Å²) in [5.74, 6) is -0.747. The number of ether oxygens (including phenoxy) is 1. The summed E-state index contributed by atoms with van der Waals surface area (Å²) in [6.07, 6.45) is 0.265. The van der Waals surface area contributed by atoms with Crippen LogP contribution in [0.1, 0.15) is 24.2 Å². The molecule has 0 saturated heterocycles. The second kappa shape index (κ2) is 10.2. The number of aliphatic hydroxyl groups excluding tert-OH is 1. The van der Waals surface area contributed by atoms with Crippen LogP contribution in [0.5, 0.6) is 5.75 Å².